The molecule has 0 bridgehead atoms. The van der Waals surface area contributed by atoms with Crippen molar-refractivity contribution in [2.75, 3.05) is 7.11 Å². The first-order valence-corrected chi connectivity index (χ1v) is 8.74. The van der Waals surface area contributed by atoms with E-state index in [1.54, 1.807) is 29.8 Å². The van der Waals surface area contributed by atoms with Crippen LogP contribution in [-0.4, -0.2) is 37.4 Å². The molecule has 0 saturated carbocycles. The average Bonchev–Trinajstić information content (AvgIpc) is 3.03. The topological polar surface area (TPSA) is 98.7 Å². The van der Waals surface area contributed by atoms with Crippen LogP contribution in [-0.2, 0) is 22.7 Å². The lowest BCUT2D eigenvalue weighted by atomic mass is 10.1. The molecule has 142 valence electrons. The van der Waals surface area contributed by atoms with E-state index >= 15 is 0 Å². The van der Waals surface area contributed by atoms with E-state index in [9.17, 15) is 9.59 Å². The van der Waals surface area contributed by atoms with Crippen LogP contribution >= 0.6 is 11.6 Å². The van der Waals surface area contributed by atoms with Crippen molar-refractivity contribution in [3.8, 4) is 11.1 Å². The highest BCUT2D eigenvalue weighted by atomic mass is 35.5. The van der Waals surface area contributed by atoms with E-state index in [1.807, 2.05) is 12.1 Å². The largest absolute Gasteiger partial charge is 0.480 e. The van der Waals surface area contributed by atoms with E-state index in [-0.39, 0.29) is 12.0 Å². The predicted octanol–water partition coefficient (Wildman–Crippen LogP) is 2.60. The average molecular weight is 399 g/mol. The van der Waals surface area contributed by atoms with Gasteiger partial charge in [-0.25, -0.2) is 9.50 Å². The van der Waals surface area contributed by atoms with Crippen molar-refractivity contribution in [1.29, 1.82) is 0 Å². The van der Waals surface area contributed by atoms with Gasteiger partial charge in [-0.2, -0.15) is 5.10 Å². The van der Waals surface area contributed by atoms with Crippen molar-refractivity contribution in [1.82, 2.24) is 19.2 Å². The minimum Gasteiger partial charge on any atom is -0.480 e. The van der Waals surface area contributed by atoms with Crippen LogP contribution < -0.4 is 5.56 Å². The Morgan fingerprint density at radius 2 is 2.00 bits per heavy atom. The van der Waals surface area contributed by atoms with E-state index < -0.39 is 18.1 Å². The number of ether oxygens (including phenoxy) is 1. The zero-order valence-corrected chi connectivity index (χ0v) is 15.6. The maximum absolute atomic E-state index is 12.6. The number of rotatable bonds is 5. The summed E-state index contributed by atoms with van der Waals surface area (Å²) in [4.78, 5) is 28.0. The molecule has 1 aromatic carbocycles. The Morgan fingerprint density at radius 1 is 1.25 bits per heavy atom. The number of carbonyl (C=O) groups is 1. The number of aromatic nitrogens is 4. The van der Waals surface area contributed by atoms with Crippen molar-refractivity contribution < 1.29 is 14.6 Å². The van der Waals surface area contributed by atoms with Gasteiger partial charge in [-0.15, -0.1) is 0 Å². The number of hydrogen-bond donors (Lipinski definition) is 1. The molecule has 4 aromatic rings. The molecule has 8 nitrogen and oxygen atoms in total. The molecule has 0 aliphatic heterocycles. The third-order valence-electron chi connectivity index (χ3n) is 4.38. The van der Waals surface area contributed by atoms with Crippen LogP contribution in [0.15, 0.2) is 47.5 Å². The van der Waals surface area contributed by atoms with Crippen LogP contribution in [0.3, 0.4) is 0 Å². The molecule has 0 spiro atoms. The first-order chi connectivity index (χ1) is 13.5. The second-order valence-corrected chi connectivity index (χ2v) is 6.63. The number of aliphatic carboxylic acids is 1. The summed E-state index contributed by atoms with van der Waals surface area (Å²) in [5.74, 6) is -1.10. The molecular formula is C19H15ClN4O4. The number of benzene rings is 1. The number of fused-ring (bicyclic) bond motifs is 3. The fourth-order valence-electron chi connectivity index (χ4n) is 3.17. The van der Waals surface area contributed by atoms with Crippen LogP contribution in [0.4, 0.5) is 0 Å². The van der Waals surface area contributed by atoms with Crippen molar-refractivity contribution in [2.24, 2.45) is 0 Å². The summed E-state index contributed by atoms with van der Waals surface area (Å²) in [5, 5.41) is 14.5. The van der Waals surface area contributed by atoms with E-state index in [0.29, 0.717) is 21.9 Å². The number of pyridine rings is 1. The molecular weight excluding hydrogens is 384 g/mol. The maximum atomic E-state index is 12.6. The summed E-state index contributed by atoms with van der Waals surface area (Å²) < 4.78 is 7.99. The quantitative estimate of drug-likeness (QED) is 0.554. The fourth-order valence-corrected chi connectivity index (χ4v) is 3.30. The van der Waals surface area contributed by atoms with Crippen molar-refractivity contribution >= 4 is 34.1 Å². The van der Waals surface area contributed by atoms with Gasteiger partial charge in [0.25, 0.3) is 5.56 Å². The Morgan fingerprint density at radius 3 is 2.68 bits per heavy atom. The Hall–Kier alpha value is -3.23. The van der Waals surface area contributed by atoms with E-state index in [0.717, 1.165) is 15.7 Å². The van der Waals surface area contributed by atoms with Gasteiger partial charge in [0.1, 0.15) is 6.54 Å². The highest BCUT2D eigenvalue weighted by Crippen LogP contribution is 2.30. The predicted molar refractivity (Wildman–Crippen MR) is 104 cm³/mol. The van der Waals surface area contributed by atoms with Crippen LogP contribution in [0, 0.1) is 0 Å². The second-order valence-electron chi connectivity index (χ2n) is 6.20. The zero-order chi connectivity index (χ0) is 19.8. The molecule has 0 saturated heterocycles. The number of carboxylic acid groups (broad SMARTS) is 1. The molecule has 9 heteroatoms. The molecule has 0 unspecified atom stereocenters. The van der Waals surface area contributed by atoms with Crippen LogP contribution in [0.5, 0.6) is 0 Å². The van der Waals surface area contributed by atoms with Gasteiger partial charge in [0.2, 0.25) is 0 Å². The number of nitrogens with zero attached hydrogens (tertiary/aromatic N) is 4. The summed E-state index contributed by atoms with van der Waals surface area (Å²) in [6.07, 6.45) is 2.89. The van der Waals surface area contributed by atoms with Gasteiger partial charge >= 0.3 is 5.97 Å². The summed E-state index contributed by atoms with van der Waals surface area (Å²) in [7, 11) is 1.58. The van der Waals surface area contributed by atoms with Crippen molar-refractivity contribution in [3.05, 3.63) is 63.8 Å². The Bertz CT molecular complexity index is 1260. The summed E-state index contributed by atoms with van der Waals surface area (Å²) >= 11 is 6.00. The molecule has 0 amide bonds. The second kappa shape index (κ2) is 7.06. The number of carboxylic acids is 1. The Labute approximate surface area is 163 Å². The van der Waals surface area contributed by atoms with Gasteiger partial charge in [-0.1, -0.05) is 23.7 Å². The van der Waals surface area contributed by atoms with Gasteiger partial charge < -0.3 is 14.4 Å². The van der Waals surface area contributed by atoms with Crippen molar-refractivity contribution in [2.45, 2.75) is 13.2 Å². The van der Waals surface area contributed by atoms with Gasteiger partial charge in [0, 0.05) is 24.5 Å². The third kappa shape index (κ3) is 3.02. The lowest BCUT2D eigenvalue weighted by molar-refractivity contribution is -0.137. The van der Waals surface area contributed by atoms with Crippen LogP contribution in [0.25, 0.3) is 27.7 Å². The summed E-state index contributed by atoms with van der Waals surface area (Å²) in [6, 6.07) is 8.96. The molecule has 0 aliphatic carbocycles. The Kier molecular flexibility index (Phi) is 4.58. The molecule has 3 heterocycles. The monoisotopic (exact) mass is 398 g/mol. The zero-order valence-electron chi connectivity index (χ0n) is 14.8. The minimum atomic E-state index is -1.10. The molecule has 0 fully saturated rings. The number of hydrogen-bond acceptors (Lipinski definition) is 5. The normalized spacial score (nSPS) is 11.4. The lowest BCUT2D eigenvalue weighted by Gasteiger charge is -2.06. The molecule has 0 radical (unpaired) electrons. The lowest BCUT2D eigenvalue weighted by Crippen LogP contribution is -2.24. The molecule has 1 N–H and O–H groups in total. The Balaban J connectivity index is 2.00. The summed E-state index contributed by atoms with van der Waals surface area (Å²) in [5.41, 5.74) is 2.99. The first kappa shape index (κ1) is 18.1. The molecule has 4 rings (SSSR count). The molecule has 3 aromatic heterocycles. The standard InChI is InChI=1S/C19H15ClN4O4/c1-28-10-14-17(11-2-4-12(20)5-3-11)18-21-8-13-15(24(18)22-14)6-7-23(19(13)27)9-16(25)26/h2-8H,9-10H2,1H3,(H,25,26). The van der Waals surface area contributed by atoms with Gasteiger partial charge in [-0.05, 0) is 23.8 Å². The SMILES string of the molecule is COCc1nn2c(ncc3c(=O)n(CC(=O)O)ccc32)c1-c1ccc(Cl)cc1. The van der Waals surface area contributed by atoms with Gasteiger partial charge in [0.05, 0.1) is 28.8 Å². The first-order valence-electron chi connectivity index (χ1n) is 8.36. The molecule has 0 atom stereocenters. The van der Waals surface area contributed by atoms with Crippen LogP contribution in [0.2, 0.25) is 5.02 Å². The van der Waals surface area contributed by atoms with E-state index in [1.165, 1.54) is 12.4 Å². The minimum absolute atomic E-state index is 0.263. The van der Waals surface area contributed by atoms with Crippen LogP contribution in [0.1, 0.15) is 5.69 Å². The molecule has 28 heavy (non-hydrogen) atoms. The number of methoxy groups -OCH3 is 1. The van der Waals surface area contributed by atoms with Crippen molar-refractivity contribution in [3.63, 3.8) is 0 Å². The molecule has 0 aliphatic rings. The highest BCUT2D eigenvalue weighted by Gasteiger charge is 2.19. The summed E-state index contributed by atoms with van der Waals surface area (Å²) in [6.45, 7) is -0.157. The highest BCUT2D eigenvalue weighted by molar-refractivity contribution is 6.30. The maximum Gasteiger partial charge on any atom is 0.323 e. The number of halogens is 1. The fraction of sp³-hybridized carbons (Fsp3) is 0.158. The third-order valence-corrected chi connectivity index (χ3v) is 4.63. The van der Waals surface area contributed by atoms with E-state index in [2.05, 4.69) is 10.1 Å². The van der Waals surface area contributed by atoms with E-state index in [4.69, 9.17) is 21.4 Å². The van der Waals surface area contributed by atoms with Gasteiger partial charge in [0.15, 0.2) is 5.65 Å². The smallest absolute Gasteiger partial charge is 0.323 e. The van der Waals surface area contributed by atoms with Gasteiger partial charge in [-0.3, -0.25) is 9.59 Å².